The maximum atomic E-state index is 2.57. The summed E-state index contributed by atoms with van der Waals surface area (Å²) >= 11 is 0. The highest BCUT2D eigenvalue weighted by Gasteiger charge is 2.54. The number of hydrogen-bond donors (Lipinski definition) is 0. The third-order valence-electron chi connectivity index (χ3n) is 7.82. The van der Waals surface area contributed by atoms with Gasteiger partial charge in [0.25, 0.3) is 0 Å². The molecule has 6 rings (SSSR count). The zero-order chi connectivity index (χ0) is 23.2. The van der Waals surface area contributed by atoms with Crippen LogP contribution in [0.15, 0.2) is 84.9 Å². The summed E-state index contributed by atoms with van der Waals surface area (Å²) in [5.41, 5.74) is 8.84. The van der Waals surface area contributed by atoms with E-state index in [0.29, 0.717) is 0 Å². The second-order valence-corrected chi connectivity index (χ2v) is 15.5. The monoisotopic (exact) mass is 444 g/mol. The summed E-state index contributed by atoms with van der Waals surface area (Å²) in [6.45, 7) is 14.0. The number of hydrogen-bond acceptors (Lipinski definition) is 0. The predicted molar refractivity (Wildman–Crippen MR) is 145 cm³/mol. The Morgan fingerprint density at radius 3 is 1.18 bits per heavy atom. The van der Waals surface area contributed by atoms with E-state index in [2.05, 4.69) is 126 Å². The highest BCUT2D eigenvalue weighted by atomic mass is 28.3. The minimum absolute atomic E-state index is 0.119. The Morgan fingerprint density at radius 1 is 0.424 bits per heavy atom. The molecule has 1 spiro atoms. The zero-order valence-corrected chi connectivity index (χ0v) is 21.6. The van der Waals surface area contributed by atoms with Crippen LogP contribution in [0.4, 0.5) is 0 Å². The molecule has 0 fully saturated rings. The first kappa shape index (κ1) is 20.7. The second kappa shape index (κ2) is 6.58. The van der Waals surface area contributed by atoms with E-state index >= 15 is 0 Å². The second-order valence-electron chi connectivity index (χ2n) is 11.9. The fourth-order valence-corrected chi connectivity index (χ4v) is 11.7. The van der Waals surface area contributed by atoms with Crippen molar-refractivity contribution in [3.05, 3.63) is 96.1 Å². The number of rotatable bonds is 0. The van der Waals surface area contributed by atoms with Crippen molar-refractivity contribution >= 4 is 28.8 Å². The average molecular weight is 445 g/mol. The van der Waals surface area contributed by atoms with Gasteiger partial charge in [0, 0.05) is 0 Å². The van der Waals surface area contributed by atoms with E-state index in [4.69, 9.17) is 0 Å². The molecule has 1 heteroatoms. The van der Waals surface area contributed by atoms with Gasteiger partial charge in [0.05, 0.1) is 0 Å². The predicted octanol–water partition coefficient (Wildman–Crippen LogP) is 5.62. The zero-order valence-electron chi connectivity index (χ0n) is 20.6. The Kier molecular flexibility index (Phi) is 4.12. The molecule has 2 aliphatic rings. The summed E-state index contributed by atoms with van der Waals surface area (Å²) in [5, 5.41) is 6.27. The molecule has 0 amide bonds. The van der Waals surface area contributed by atoms with E-state index < -0.39 is 8.07 Å². The standard InChI is InChI=1S/C32H32Si/c1-31(2,3)21-15-17-25-23-11-7-9-13-27(23)33(29(25)19-21)28-14-10-8-12-24(28)26-18-16-22(20-30(26)33)32(4,5)6/h7-20H,1-6H3. The molecular formula is C32H32Si. The summed E-state index contributed by atoms with van der Waals surface area (Å²) < 4.78 is 0. The lowest BCUT2D eigenvalue weighted by atomic mass is 9.86. The lowest BCUT2D eigenvalue weighted by Gasteiger charge is -2.30. The molecule has 0 saturated heterocycles. The first-order chi connectivity index (χ1) is 15.6. The lowest BCUT2D eigenvalue weighted by molar-refractivity contribution is 0.590. The van der Waals surface area contributed by atoms with Gasteiger partial charge >= 0.3 is 0 Å². The largest absolute Gasteiger partial charge is 0.182 e. The number of fused-ring (bicyclic) bond motifs is 10. The first-order valence-electron chi connectivity index (χ1n) is 12.1. The van der Waals surface area contributed by atoms with Crippen molar-refractivity contribution in [3.8, 4) is 22.3 Å². The maximum absolute atomic E-state index is 2.57. The van der Waals surface area contributed by atoms with Crippen LogP contribution in [0.1, 0.15) is 52.7 Å². The SMILES string of the molecule is CC(C)(C)c1ccc2c(c1)[Si]1(c3ccccc3-2)c2ccccc2-c2ccc(C(C)(C)C)cc21. The highest BCUT2D eigenvalue weighted by molar-refractivity contribution is 7.24. The van der Waals surface area contributed by atoms with Crippen LogP contribution in [0.25, 0.3) is 22.3 Å². The van der Waals surface area contributed by atoms with Crippen molar-refractivity contribution in [1.82, 2.24) is 0 Å². The molecule has 2 aliphatic heterocycles. The van der Waals surface area contributed by atoms with Gasteiger partial charge in [-0.05, 0) is 65.0 Å². The van der Waals surface area contributed by atoms with Crippen molar-refractivity contribution < 1.29 is 0 Å². The van der Waals surface area contributed by atoms with Gasteiger partial charge in [0.2, 0.25) is 0 Å². The smallest absolute Gasteiger partial charge is 0.0623 e. The normalized spacial score (nSPS) is 15.2. The van der Waals surface area contributed by atoms with E-state index in [-0.39, 0.29) is 10.8 Å². The molecule has 0 aromatic heterocycles. The Balaban J connectivity index is 1.80. The summed E-state index contributed by atoms with van der Waals surface area (Å²) in [6.07, 6.45) is 0. The van der Waals surface area contributed by atoms with Crippen molar-refractivity contribution in [3.63, 3.8) is 0 Å². The van der Waals surface area contributed by atoms with Gasteiger partial charge in [-0.2, -0.15) is 0 Å². The van der Waals surface area contributed by atoms with Crippen LogP contribution in [0.3, 0.4) is 0 Å². The maximum Gasteiger partial charge on any atom is 0.182 e. The molecular weight excluding hydrogens is 412 g/mol. The van der Waals surface area contributed by atoms with Crippen LogP contribution < -0.4 is 20.7 Å². The summed E-state index contributed by atoms with van der Waals surface area (Å²) in [4.78, 5) is 0. The van der Waals surface area contributed by atoms with E-state index in [9.17, 15) is 0 Å². The number of benzene rings is 4. The van der Waals surface area contributed by atoms with Crippen molar-refractivity contribution in [2.75, 3.05) is 0 Å². The summed E-state index contributed by atoms with van der Waals surface area (Å²) in [7, 11) is -2.37. The van der Waals surface area contributed by atoms with Gasteiger partial charge in [-0.25, -0.2) is 0 Å². The Hall–Kier alpha value is -2.90. The highest BCUT2D eigenvalue weighted by Crippen LogP contribution is 2.38. The molecule has 4 aromatic carbocycles. The van der Waals surface area contributed by atoms with Gasteiger partial charge in [0.1, 0.15) is 0 Å². The van der Waals surface area contributed by atoms with Crippen LogP contribution in [0, 0.1) is 0 Å². The van der Waals surface area contributed by atoms with Crippen molar-refractivity contribution in [2.24, 2.45) is 0 Å². The Labute approximate surface area is 199 Å². The third-order valence-corrected chi connectivity index (χ3v) is 12.8. The fourth-order valence-electron chi connectivity index (χ4n) is 6.07. The fraction of sp³-hybridized carbons (Fsp3) is 0.250. The molecule has 2 heterocycles. The van der Waals surface area contributed by atoms with Crippen LogP contribution in [0.2, 0.25) is 0 Å². The molecule has 0 aliphatic carbocycles. The quantitative estimate of drug-likeness (QED) is 0.267. The molecule has 0 atom stereocenters. The molecule has 0 N–H and O–H groups in total. The lowest BCUT2D eigenvalue weighted by Crippen LogP contribution is -2.71. The molecule has 33 heavy (non-hydrogen) atoms. The van der Waals surface area contributed by atoms with Gasteiger partial charge in [-0.1, -0.05) is 126 Å². The topological polar surface area (TPSA) is 0 Å². The van der Waals surface area contributed by atoms with E-state index in [1.165, 1.54) is 33.4 Å². The van der Waals surface area contributed by atoms with Gasteiger partial charge in [-0.15, -0.1) is 0 Å². The van der Waals surface area contributed by atoms with Crippen LogP contribution in [-0.4, -0.2) is 8.07 Å². The molecule has 0 saturated carbocycles. The van der Waals surface area contributed by atoms with Gasteiger partial charge < -0.3 is 0 Å². The van der Waals surface area contributed by atoms with Crippen LogP contribution in [-0.2, 0) is 10.8 Å². The minimum Gasteiger partial charge on any atom is -0.0623 e. The summed E-state index contributed by atoms with van der Waals surface area (Å²) in [5.74, 6) is 0. The molecule has 0 radical (unpaired) electrons. The molecule has 0 unspecified atom stereocenters. The van der Waals surface area contributed by atoms with Crippen LogP contribution in [0.5, 0.6) is 0 Å². The van der Waals surface area contributed by atoms with E-state index in [1.807, 2.05) is 0 Å². The Bertz CT molecular complexity index is 1310. The van der Waals surface area contributed by atoms with Crippen molar-refractivity contribution in [2.45, 2.75) is 52.4 Å². The third kappa shape index (κ3) is 2.69. The molecule has 4 aromatic rings. The van der Waals surface area contributed by atoms with Crippen molar-refractivity contribution in [1.29, 1.82) is 0 Å². The van der Waals surface area contributed by atoms with E-state index in [1.54, 1.807) is 20.7 Å². The average Bonchev–Trinajstić information content (AvgIpc) is 3.24. The molecule has 0 nitrogen and oxygen atoms in total. The van der Waals surface area contributed by atoms with E-state index in [0.717, 1.165) is 0 Å². The molecule has 0 bridgehead atoms. The molecule has 164 valence electrons. The van der Waals surface area contributed by atoms with Gasteiger partial charge in [0.15, 0.2) is 8.07 Å². The Morgan fingerprint density at radius 2 is 0.788 bits per heavy atom. The minimum atomic E-state index is -2.37. The van der Waals surface area contributed by atoms with Crippen LogP contribution >= 0.6 is 0 Å². The van der Waals surface area contributed by atoms with Gasteiger partial charge in [-0.3, -0.25) is 0 Å². The summed E-state index contributed by atoms with van der Waals surface area (Å²) in [6, 6.07) is 33.1. The first-order valence-corrected chi connectivity index (χ1v) is 14.1.